The number of aromatic nitrogens is 4. The first-order chi connectivity index (χ1) is 6.86. The summed E-state index contributed by atoms with van der Waals surface area (Å²) in [6.45, 7) is 0. The van der Waals surface area contributed by atoms with Gasteiger partial charge in [0.05, 0.1) is 17.1 Å². The van der Waals surface area contributed by atoms with Crippen molar-refractivity contribution < 1.29 is 0 Å². The van der Waals surface area contributed by atoms with Crippen LogP contribution in [0.5, 0.6) is 0 Å². The fraction of sp³-hybridized carbons (Fsp3) is 0. The number of rotatable bonds is 0. The van der Waals surface area contributed by atoms with Crippen LogP contribution in [0, 0.1) is 0 Å². The zero-order valence-electron chi connectivity index (χ0n) is 7.11. The molecule has 2 N–H and O–H groups in total. The third-order valence-electron chi connectivity index (χ3n) is 2.19. The molecule has 0 aliphatic rings. The molecule has 3 rings (SSSR count). The topological polar surface area (TPSA) is 74.4 Å². The lowest BCUT2D eigenvalue weighted by atomic mass is 10.2. The molecule has 0 aliphatic carbocycles. The van der Waals surface area contributed by atoms with Gasteiger partial charge in [0.15, 0.2) is 0 Å². The molecule has 68 valence electrons. The molecule has 0 atom stereocenters. The number of hydrogen-bond donors (Lipinski definition) is 2. The Bertz CT molecular complexity index is 667. The van der Waals surface area contributed by atoms with E-state index < -0.39 is 0 Å². The first-order valence-electron chi connectivity index (χ1n) is 4.16. The van der Waals surface area contributed by atoms with Gasteiger partial charge in [-0.2, -0.15) is 5.10 Å². The minimum atomic E-state index is -0.167. The molecule has 14 heavy (non-hydrogen) atoms. The fourth-order valence-corrected chi connectivity index (χ4v) is 1.55. The van der Waals surface area contributed by atoms with Crippen LogP contribution >= 0.6 is 0 Å². The molecule has 5 heteroatoms. The van der Waals surface area contributed by atoms with Gasteiger partial charge >= 0.3 is 0 Å². The van der Waals surface area contributed by atoms with Gasteiger partial charge in [0.1, 0.15) is 5.65 Å². The molecule has 3 aromatic rings. The standard InChI is InChI=1S/C9H6N4O/c14-9-6-4-11-13-7(6)5-2-1-3-10-8(5)12-9/h1-4H,(H,11,13)(H,10,12,14). The number of pyridine rings is 2. The van der Waals surface area contributed by atoms with Crippen LogP contribution in [0.1, 0.15) is 0 Å². The third-order valence-corrected chi connectivity index (χ3v) is 2.19. The predicted molar refractivity (Wildman–Crippen MR) is 52.0 cm³/mol. The first-order valence-corrected chi connectivity index (χ1v) is 4.16. The average Bonchev–Trinajstić information content (AvgIpc) is 2.67. The SMILES string of the molecule is O=c1[nH]c2ncccc2c2[nH]ncc12. The molecule has 0 amide bonds. The van der Waals surface area contributed by atoms with E-state index in [1.807, 2.05) is 12.1 Å². The maximum Gasteiger partial charge on any atom is 0.260 e. The van der Waals surface area contributed by atoms with E-state index in [9.17, 15) is 4.79 Å². The van der Waals surface area contributed by atoms with Crippen molar-refractivity contribution >= 4 is 21.9 Å². The number of aromatic amines is 2. The van der Waals surface area contributed by atoms with Gasteiger partial charge in [0.2, 0.25) is 0 Å². The summed E-state index contributed by atoms with van der Waals surface area (Å²) in [6.07, 6.45) is 3.15. The lowest BCUT2D eigenvalue weighted by molar-refractivity contribution is 1.12. The van der Waals surface area contributed by atoms with Crippen molar-refractivity contribution in [1.29, 1.82) is 0 Å². The summed E-state index contributed by atoms with van der Waals surface area (Å²) >= 11 is 0. The van der Waals surface area contributed by atoms with E-state index in [1.165, 1.54) is 6.20 Å². The van der Waals surface area contributed by atoms with E-state index in [0.717, 1.165) is 10.9 Å². The van der Waals surface area contributed by atoms with Crippen LogP contribution in [-0.4, -0.2) is 20.2 Å². The zero-order chi connectivity index (χ0) is 9.54. The molecule has 0 spiro atoms. The summed E-state index contributed by atoms with van der Waals surface area (Å²) in [5.41, 5.74) is 1.14. The van der Waals surface area contributed by atoms with Crippen LogP contribution in [0.3, 0.4) is 0 Å². The lowest BCUT2D eigenvalue weighted by Crippen LogP contribution is -2.05. The minimum Gasteiger partial charge on any atom is -0.306 e. The van der Waals surface area contributed by atoms with Crippen LogP contribution in [-0.2, 0) is 0 Å². The molecular formula is C9H6N4O. The summed E-state index contributed by atoms with van der Waals surface area (Å²) < 4.78 is 0. The summed E-state index contributed by atoms with van der Waals surface area (Å²) in [7, 11) is 0. The molecule has 0 saturated carbocycles. The monoisotopic (exact) mass is 186 g/mol. The normalized spacial score (nSPS) is 11.1. The summed E-state index contributed by atoms with van der Waals surface area (Å²) in [5, 5.41) is 8.07. The lowest BCUT2D eigenvalue weighted by Gasteiger charge is -1.96. The van der Waals surface area contributed by atoms with E-state index in [0.29, 0.717) is 11.0 Å². The van der Waals surface area contributed by atoms with Crippen molar-refractivity contribution in [3.05, 3.63) is 34.9 Å². The number of H-pyrrole nitrogens is 2. The number of nitrogens with zero attached hydrogens (tertiary/aromatic N) is 2. The first kappa shape index (κ1) is 7.25. The Kier molecular flexibility index (Phi) is 1.25. The van der Waals surface area contributed by atoms with E-state index in [2.05, 4.69) is 20.2 Å². The second kappa shape index (κ2) is 2.41. The van der Waals surface area contributed by atoms with Gasteiger partial charge in [0.25, 0.3) is 5.56 Å². The fourth-order valence-electron chi connectivity index (χ4n) is 1.55. The maximum atomic E-state index is 11.5. The highest BCUT2D eigenvalue weighted by Gasteiger charge is 2.05. The van der Waals surface area contributed by atoms with Crippen molar-refractivity contribution in [3.8, 4) is 0 Å². The Morgan fingerprint density at radius 3 is 3.14 bits per heavy atom. The quantitative estimate of drug-likeness (QED) is 0.545. The van der Waals surface area contributed by atoms with Gasteiger partial charge < -0.3 is 4.98 Å². The van der Waals surface area contributed by atoms with Gasteiger partial charge in [-0.05, 0) is 12.1 Å². The number of nitrogens with one attached hydrogen (secondary N) is 2. The van der Waals surface area contributed by atoms with E-state index in [4.69, 9.17) is 0 Å². The van der Waals surface area contributed by atoms with Gasteiger partial charge in [-0.3, -0.25) is 9.89 Å². The molecule has 0 unspecified atom stereocenters. The predicted octanol–water partition coefficient (Wildman–Crippen LogP) is 0.799. The number of fused-ring (bicyclic) bond motifs is 3. The van der Waals surface area contributed by atoms with Gasteiger partial charge in [0, 0.05) is 11.6 Å². The van der Waals surface area contributed by atoms with Crippen molar-refractivity contribution in [1.82, 2.24) is 20.2 Å². The van der Waals surface area contributed by atoms with Crippen LogP contribution in [0.2, 0.25) is 0 Å². The summed E-state index contributed by atoms with van der Waals surface area (Å²) in [5.74, 6) is 0. The second-order valence-corrected chi connectivity index (χ2v) is 3.01. The Morgan fingerprint density at radius 1 is 1.29 bits per heavy atom. The van der Waals surface area contributed by atoms with Crippen molar-refractivity contribution in [2.45, 2.75) is 0 Å². The van der Waals surface area contributed by atoms with Gasteiger partial charge in [-0.1, -0.05) is 0 Å². The van der Waals surface area contributed by atoms with Crippen LogP contribution in [0.25, 0.3) is 21.9 Å². The molecule has 0 aliphatic heterocycles. The molecule has 0 aromatic carbocycles. The summed E-state index contributed by atoms with van der Waals surface area (Å²) in [4.78, 5) is 18.3. The average molecular weight is 186 g/mol. The third kappa shape index (κ3) is 0.806. The summed E-state index contributed by atoms with van der Waals surface area (Å²) in [6, 6.07) is 3.71. The Labute approximate surface area is 77.8 Å². The Balaban J connectivity index is 2.73. The zero-order valence-corrected chi connectivity index (χ0v) is 7.11. The smallest absolute Gasteiger partial charge is 0.260 e. The van der Waals surface area contributed by atoms with E-state index in [1.54, 1.807) is 6.20 Å². The number of hydrogen-bond acceptors (Lipinski definition) is 3. The van der Waals surface area contributed by atoms with Crippen LogP contribution < -0.4 is 5.56 Å². The van der Waals surface area contributed by atoms with Gasteiger partial charge in [-0.15, -0.1) is 0 Å². The molecule has 3 aromatic heterocycles. The Hall–Kier alpha value is -2.17. The van der Waals surface area contributed by atoms with E-state index in [-0.39, 0.29) is 5.56 Å². The van der Waals surface area contributed by atoms with Crippen molar-refractivity contribution in [3.63, 3.8) is 0 Å². The van der Waals surface area contributed by atoms with Crippen molar-refractivity contribution in [2.24, 2.45) is 0 Å². The second-order valence-electron chi connectivity index (χ2n) is 3.01. The molecule has 0 bridgehead atoms. The van der Waals surface area contributed by atoms with Crippen molar-refractivity contribution in [2.75, 3.05) is 0 Å². The molecule has 5 nitrogen and oxygen atoms in total. The largest absolute Gasteiger partial charge is 0.306 e. The molecule has 3 heterocycles. The molecule has 0 radical (unpaired) electrons. The van der Waals surface area contributed by atoms with Crippen LogP contribution in [0.15, 0.2) is 29.3 Å². The van der Waals surface area contributed by atoms with E-state index >= 15 is 0 Å². The molecule has 0 saturated heterocycles. The van der Waals surface area contributed by atoms with Gasteiger partial charge in [-0.25, -0.2) is 4.98 Å². The highest BCUT2D eigenvalue weighted by molar-refractivity contribution is 6.00. The molecular weight excluding hydrogens is 180 g/mol. The highest BCUT2D eigenvalue weighted by Crippen LogP contribution is 2.15. The molecule has 0 fully saturated rings. The Morgan fingerprint density at radius 2 is 2.21 bits per heavy atom. The highest BCUT2D eigenvalue weighted by atomic mass is 16.1. The van der Waals surface area contributed by atoms with Crippen LogP contribution in [0.4, 0.5) is 0 Å². The maximum absolute atomic E-state index is 11.5. The minimum absolute atomic E-state index is 0.167.